The minimum Gasteiger partial charge on any atom is -0.491 e. The van der Waals surface area contributed by atoms with Gasteiger partial charge in [0.1, 0.15) is 24.5 Å². The number of methoxy groups -OCH3 is 1. The summed E-state index contributed by atoms with van der Waals surface area (Å²) in [6, 6.07) is 8.14. The third-order valence-electron chi connectivity index (χ3n) is 6.70. The number of nitrogens with zero attached hydrogens (tertiary/aromatic N) is 5. The van der Waals surface area contributed by atoms with Crippen molar-refractivity contribution in [2.45, 2.75) is 26.8 Å². The third-order valence-corrected chi connectivity index (χ3v) is 6.70. The summed E-state index contributed by atoms with van der Waals surface area (Å²) in [7, 11) is 1.30. The van der Waals surface area contributed by atoms with Crippen LogP contribution in [0.15, 0.2) is 42.9 Å². The van der Waals surface area contributed by atoms with E-state index in [1.807, 2.05) is 18.2 Å². The number of hydrogen-bond acceptors (Lipinski definition) is 8. The Morgan fingerprint density at radius 3 is 2.95 bits per heavy atom. The number of H-pyrrole nitrogens is 1. The number of carbonyl (C=O) groups excluding carboxylic acids is 1. The van der Waals surface area contributed by atoms with Crippen molar-refractivity contribution in [1.82, 2.24) is 24.9 Å². The first-order valence-electron chi connectivity index (χ1n) is 12.1. The lowest BCUT2D eigenvalue weighted by Crippen LogP contribution is -2.29. The molecular weight excluding hydrogens is 470 g/mol. The molecule has 0 radical (unpaired) electrons. The summed E-state index contributed by atoms with van der Waals surface area (Å²) in [4.78, 5) is 34.8. The zero-order chi connectivity index (χ0) is 25.6. The second-order valence-electron chi connectivity index (χ2n) is 9.95. The number of pyridine rings is 1. The summed E-state index contributed by atoms with van der Waals surface area (Å²) < 4.78 is 10.7. The molecule has 2 aliphatic rings. The Balaban J connectivity index is 1.32. The number of amides is 1. The van der Waals surface area contributed by atoms with Gasteiger partial charge in [0.25, 0.3) is 0 Å². The molecule has 1 aliphatic heterocycles. The van der Waals surface area contributed by atoms with Crippen LogP contribution in [-0.2, 0) is 17.7 Å². The van der Waals surface area contributed by atoms with Gasteiger partial charge in [0.05, 0.1) is 24.9 Å². The summed E-state index contributed by atoms with van der Waals surface area (Å²) in [5, 5.41) is 2.53. The van der Waals surface area contributed by atoms with E-state index < -0.39 is 6.09 Å². The first-order chi connectivity index (χ1) is 17.9. The van der Waals surface area contributed by atoms with Crippen molar-refractivity contribution in [1.29, 1.82) is 0 Å². The minimum absolute atomic E-state index is 0.0600. The molecule has 0 spiro atoms. The highest BCUT2D eigenvalue weighted by molar-refractivity contribution is 5.86. The van der Waals surface area contributed by atoms with Crippen LogP contribution >= 0.6 is 0 Å². The number of imidazole rings is 1. The fourth-order valence-electron chi connectivity index (χ4n) is 4.84. The van der Waals surface area contributed by atoms with E-state index in [2.05, 4.69) is 67.0 Å². The summed E-state index contributed by atoms with van der Waals surface area (Å²) in [6.45, 7) is 6.44. The van der Waals surface area contributed by atoms with E-state index >= 15 is 0 Å². The number of benzene rings is 1. The molecule has 10 nitrogen and oxygen atoms in total. The van der Waals surface area contributed by atoms with Gasteiger partial charge in [-0.15, -0.1) is 0 Å². The second-order valence-corrected chi connectivity index (χ2v) is 9.95. The van der Waals surface area contributed by atoms with Crippen LogP contribution in [0.5, 0.6) is 5.75 Å². The molecule has 1 aliphatic carbocycles. The smallest absolute Gasteiger partial charge is 0.413 e. The highest BCUT2D eigenvalue weighted by atomic mass is 16.5. The van der Waals surface area contributed by atoms with Crippen LogP contribution in [0, 0.1) is 5.41 Å². The highest BCUT2D eigenvalue weighted by Crippen LogP contribution is 2.37. The van der Waals surface area contributed by atoms with Gasteiger partial charge in [-0.1, -0.05) is 26.0 Å². The molecule has 0 atom stereocenters. The Kier molecular flexibility index (Phi) is 5.51. The van der Waals surface area contributed by atoms with Crippen molar-refractivity contribution in [2.24, 2.45) is 5.41 Å². The van der Waals surface area contributed by atoms with Crippen molar-refractivity contribution in [3.8, 4) is 16.9 Å². The van der Waals surface area contributed by atoms with Crippen molar-refractivity contribution in [3.05, 3.63) is 59.7 Å². The number of fused-ring (bicyclic) bond motifs is 3. The van der Waals surface area contributed by atoms with Crippen LogP contribution in [0.4, 0.5) is 16.6 Å². The van der Waals surface area contributed by atoms with E-state index in [1.54, 1.807) is 12.5 Å². The zero-order valence-electron chi connectivity index (χ0n) is 20.9. The quantitative estimate of drug-likeness (QED) is 0.422. The van der Waals surface area contributed by atoms with E-state index in [-0.39, 0.29) is 11.4 Å². The first kappa shape index (κ1) is 23.0. The second kappa shape index (κ2) is 8.88. The van der Waals surface area contributed by atoms with Crippen LogP contribution in [0.3, 0.4) is 0 Å². The van der Waals surface area contributed by atoms with E-state index in [1.165, 1.54) is 12.7 Å². The molecule has 1 amide bonds. The van der Waals surface area contributed by atoms with E-state index in [0.717, 1.165) is 46.9 Å². The predicted octanol–water partition coefficient (Wildman–Crippen LogP) is 4.59. The lowest BCUT2D eigenvalue weighted by Gasteiger charge is -2.30. The maximum Gasteiger partial charge on any atom is 0.413 e. The fraction of sp³-hybridized carbons (Fsp3) is 0.296. The average Bonchev–Trinajstić information content (AvgIpc) is 3.16. The van der Waals surface area contributed by atoms with Crippen LogP contribution < -0.4 is 15.0 Å². The Morgan fingerprint density at radius 2 is 2.08 bits per heavy atom. The van der Waals surface area contributed by atoms with Gasteiger partial charge in [0.15, 0.2) is 5.65 Å². The van der Waals surface area contributed by atoms with Gasteiger partial charge in [0.2, 0.25) is 5.95 Å². The van der Waals surface area contributed by atoms with Crippen LogP contribution in [0.25, 0.3) is 28.4 Å². The summed E-state index contributed by atoms with van der Waals surface area (Å²) >= 11 is 0. The number of anilines is 2. The maximum absolute atomic E-state index is 11.5. The van der Waals surface area contributed by atoms with Gasteiger partial charge < -0.3 is 19.4 Å². The average molecular weight is 498 g/mol. The number of carbonyl (C=O) groups is 1. The lowest BCUT2D eigenvalue weighted by molar-refractivity contribution is 0.186. The predicted molar refractivity (Wildman–Crippen MR) is 140 cm³/mol. The molecule has 1 aromatic carbocycles. The van der Waals surface area contributed by atoms with Crippen molar-refractivity contribution >= 4 is 35.1 Å². The summed E-state index contributed by atoms with van der Waals surface area (Å²) in [6.07, 6.45) is 8.04. The van der Waals surface area contributed by atoms with Gasteiger partial charge in [-0.3, -0.25) is 5.32 Å². The lowest BCUT2D eigenvalue weighted by atomic mass is 9.81. The number of allylic oxidation sites excluding steroid dienone is 1. The van der Waals surface area contributed by atoms with Crippen molar-refractivity contribution in [2.75, 3.05) is 30.5 Å². The van der Waals surface area contributed by atoms with Gasteiger partial charge in [0, 0.05) is 29.4 Å². The van der Waals surface area contributed by atoms with Gasteiger partial charge >= 0.3 is 6.09 Å². The first-order valence-corrected chi connectivity index (χ1v) is 12.1. The third kappa shape index (κ3) is 4.46. The van der Waals surface area contributed by atoms with Crippen LogP contribution in [0.2, 0.25) is 0 Å². The fourth-order valence-corrected chi connectivity index (χ4v) is 4.84. The molecule has 0 saturated carbocycles. The Morgan fingerprint density at radius 1 is 1.19 bits per heavy atom. The number of rotatable bonds is 3. The van der Waals surface area contributed by atoms with Gasteiger partial charge in [-0.05, 0) is 41.7 Å². The Bertz CT molecular complexity index is 1540. The normalized spacial score (nSPS) is 15.9. The van der Waals surface area contributed by atoms with Crippen LogP contribution in [-0.4, -0.2) is 51.3 Å². The summed E-state index contributed by atoms with van der Waals surface area (Å²) in [5.41, 5.74) is 6.44. The molecule has 0 fully saturated rings. The monoisotopic (exact) mass is 497 g/mol. The largest absolute Gasteiger partial charge is 0.491 e. The molecule has 4 heterocycles. The number of hydrogen-bond donors (Lipinski definition) is 2. The summed E-state index contributed by atoms with van der Waals surface area (Å²) in [5.74, 6) is 2.12. The topological polar surface area (TPSA) is 118 Å². The maximum atomic E-state index is 11.5. The van der Waals surface area contributed by atoms with E-state index in [4.69, 9.17) is 9.72 Å². The minimum atomic E-state index is -0.598. The zero-order valence-corrected chi connectivity index (χ0v) is 20.9. The number of aromatic amines is 1. The number of aromatic nitrogens is 5. The molecule has 3 aromatic heterocycles. The SMILES string of the molecule is COC(=O)Nc1nc2ncc(-c3ccc4c(c3)CN(c3ncnc5c3CC(C)(C)C=C5)CCO4)cc2[nH]1. The van der Waals surface area contributed by atoms with Crippen molar-refractivity contribution < 1.29 is 14.3 Å². The van der Waals surface area contributed by atoms with Gasteiger partial charge in [-0.25, -0.2) is 19.7 Å². The van der Waals surface area contributed by atoms with Crippen molar-refractivity contribution in [3.63, 3.8) is 0 Å². The van der Waals surface area contributed by atoms with E-state index in [0.29, 0.717) is 24.3 Å². The standard InChI is InChI=1S/C27H27N7O3/c1-27(2)7-6-20-19(12-27)24(30-15-29-20)34-8-9-37-22-5-4-16(10-18(22)14-34)17-11-21-23(28-13-17)32-25(31-21)33-26(35)36-3/h4-7,10-11,13,15H,8-9,12,14H2,1-3H3,(H2,28,31,32,33,35). The Hall–Kier alpha value is -4.47. The number of ether oxygens (including phenoxy) is 2. The molecule has 0 bridgehead atoms. The molecular formula is C27H27N7O3. The Labute approximate surface area is 213 Å². The molecule has 0 unspecified atom stereocenters. The van der Waals surface area contributed by atoms with E-state index in [9.17, 15) is 4.79 Å². The van der Waals surface area contributed by atoms with Crippen LogP contribution in [0.1, 0.15) is 30.7 Å². The molecule has 2 N–H and O–H groups in total. The molecule has 0 saturated heterocycles. The molecule has 4 aromatic rings. The number of nitrogens with one attached hydrogen (secondary N) is 2. The highest BCUT2D eigenvalue weighted by Gasteiger charge is 2.27. The molecule has 10 heteroatoms. The molecule has 188 valence electrons. The molecule has 6 rings (SSSR count). The molecule has 37 heavy (non-hydrogen) atoms. The van der Waals surface area contributed by atoms with Gasteiger partial charge in [-0.2, -0.15) is 4.98 Å².